The Morgan fingerprint density at radius 2 is 2.27 bits per heavy atom. The lowest BCUT2D eigenvalue weighted by Crippen LogP contribution is -2.26. The molecule has 5 nitrogen and oxygen atoms in total. The highest BCUT2D eigenvalue weighted by Crippen LogP contribution is 2.36. The van der Waals surface area contributed by atoms with Crippen molar-refractivity contribution < 1.29 is 9.53 Å². The first-order chi connectivity index (χ1) is 10.5. The zero-order chi connectivity index (χ0) is 15.7. The third-order valence-electron chi connectivity index (χ3n) is 3.72. The molecule has 0 radical (unpaired) electrons. The summed E-state index contributed by atoms with van der Waals surface area (Å²) in [7, 11) is 0. The van der Waals surface area contributed by atoms with Gasteiger partial charge in [-0.3, -0.25) is 4.79 Å². The number of pyridine rings is 1. The number of nitrogens with two attached hydrogens (primary N) is 1. The van der Waals surface area contributed by atoms with E-state index in [0.717, 1.165) is 11.1 Å². The van der Waals surface area contributed by atoms with Crippen LogP contribution in [0.4, 0.5) is 11.5 Å². The Morgan fingerprint density at radius 1 is 1.45 bits per heavy atom. The third kappa shape index (κ3) is 2.85. The van der Waals surface area contributed by atoms with E-state index in [9.17, 15) is 4.79 Å². The van der Waals surface area contributed by atoms with Gasteiger partial charge in [-0.15, -0.1) is 0 Å². The normalized spacial score (nSPS) is 16.5. The fourth-order valence-electron chi connectivity index (χ4n) is 2.57. The molecule has 1 unspecified atom stereocenters. The highest BCUT2D eigenvalue weighted by atomic mass is 35.5. The molecule has 1 atom stereocenters. The number of halogens is 1. The first-order valence-electron chi connectivity index (χ1n) is 7.00. The van der Waals surface area contributed by atoms with Crippen LogP contribution in [0.15, 0.2) is 30.5 Å². The van der Waals surface area contributed by atoms with Gasteiger partial charge in [0, 0.05) is 10.6 Å². The predicted molar refractivity (Wildman–Crippen MR) is 86.3 cm³/mol. The second-order valence-corrected chi connectivity index (χ2v) is 5.72. The van der Waals surface area contributed by atoms with Gasteiger partial charge in [0.15, 0.2) is 0 Å². The predicted octanol–water partition coefficient (Wildman–Crippen LogP) is 3.13. The maximum Gasteiger partial charge on any atom is 0.232 e. The van der Waals surface area contributed by atoms with Gasteiger partial charge in [-0.25, -0.2) is 4.98 Å². The molecule has 2 aromatic rings. The van der Waals surface area contributed by atoms with Crippen LogP contribution < -0.4 is 15.8 Å². The van der Waals surface area contributed by atoms with Crippen molar-refractivity contribution in [3.63, 3.8) is 0 Å². The first-order valence-corrected chi connectivity index (χ1v) is 7.37. The first kappa shape index (κ1) is 14.7. The number of nitrogens with one attached hydrogen (secondary N) is 1. The molecule has 1 aromatic heterocycles. The molecule has 1 aromatic carbocycles. The van der Waals surface area contributed by atoms with Crippen molar-refractivity contribution in [1.29, 1.82) is 0 Å². The molecule has 0 bridgehead atoms. The van der Waals surface area contributed by atoms with Gasteiger partial charge >= 0.3 is 0 Å². The van der Waals surface area contributed by atoms with Crippen molar-refractivity contribution in [1.82, 2.24) is 4.98 Å². The van der Waals surface area contributed by atoms with Crippen molar-refractivity contribution in [2.75, 3.05) is 17.7 Å². The molecular formula is C16H16ClN3O2. The van der Waals surface area contributed by atoms with Crippen molar-refractivity contribution in [2.24, 2.45) is 0 Å². The summed E-state index contributed by atoms with van der Waals surface area (Å²) in [6, 6.07) is 7.07. The number of benzene rings is 1. The Bertz CT molecular complexity index is 733. The van der Waals surface area contributed by atoms with Gasteiger partial charge in [-0.2, -0.15) is 0 Å². The largest absolute Gasteiger partial charge is 0.493 e. The molecule has 0 spiro atoms. The standard InChI is InChI=1S/C16H16ClN3O2/c1-9-6-15(18)19-8-13(9)20-16(21)11-4-5-22-14-3-2-10(17)7-12(11)14/h2-3,6-8,11H,4-5H2,1H3,(H2,18,19)(H,20,21). The molecule has 0 aliphatic carbocycles. The van der Waals surface area contributed by atoms with Gasteiger partial charge in [-0.1, -0.05) is 11.6 Å². The Balaban J connectivity index is 1.86. The average molecular weight is 318 g/mol. The van der Waals surface area contributed by atoms with Gasteiger partial charge in [0.05, 0.1) is 24.4 Å². The molecule has 0 fully saturated rings. The van der Waals surface area contributed by atoms with E-state index in [2.05, 4.69) is 10.3 Å². The monoisotopic (exact) mass is 317 g/mol. The number of aryl methyl sites for hydroxylation is 1. The van der Waals surface area contributed by atoms with Crippen LogP contribution in [-0.2, 0) is 4.79 Å². The van der Waals surface area contributed by atoms with Gasteiger partial charge in [0.1, 0.15) is 11.6 Å². The minimum atomic E-state index is -0.292. The number of rotatable bonds is 2. The van der Waals surface area contributed by atoms with Crippen LogP contribution in [0.25, 0.3) is 0 Å². The van der Waals surface area contributed by atoms with Crippen molar-refractivity contribution in [3.05, 3.63) is 46.6 Å². The molecule has 114 valence electrons. The lowest BCUT2D eigenvalue weighted by molar-refractivity contribution is -0.118. The molecule has 1 aliphatic heterocycles. The molecule has 1 amide bonds. The fourth-order valence-corrected chi connectivity index (χ4v) is 2.75. The van der Waals surface area contributed by atoms with Crippen molar-refractivity contribution >= 4 is 29.0 Å². The van der Waals surface area contributed by atoms with Crippen LogP contribution >= 0.6 is 11.6 Å². The number of carbonyl (C=O) groups is 1. The van der Waals surface area contributed by atoms with Crippen LogP contribution in [0.1, 0.15) is 23.5 Å². The zero-order valence-corrected chi connectivity index (χ0v) is 12.9. The summed E-state index contributed by atoms with van der Waals surface area (Å²) in [5.41, 5.74) is 7.98. The summed E-state index contributed by atoms with van der Waals surface area (Å²) in [6.45, 7) is 2.38. The van der Waals surface area contributed by atoms with Crippen LogP contribution in [0.2, 0.25) is 5.02 Å². The summed E-state index contributed by atoms with van der Waals surface area (Å²) in [5, 5.41) is 3.50. The number of hydrogen-bond donors (Lipinski definition) is 2. The number of fused-ring (bicyclic) bond motifs is 1. The third-order valence-corrected chi connectivity index (χ3v) is 3.95. The summed E-state index contributed by atoms with van der Waals surface area (Å²) in [5.74, 6) is 0.752. The second-order valence-electron chi connectivity index (χ2n) is 5.29. The summed E-state index contributed by atoms with van der Waals surface area (Å²) in [4.78, 5) is 16.6. The highest BCUT2D eigenvalue weighted by molar-refractivity contribution is 6.30. The molecule has 0 saturated carbocycles. The van der Waals surface area contributed by atoms with Crippen LogP contribution in [0, 0.1) is 6.92 Å². The molecule has 2 heterocycles. The Hall–Kier alpha value is -2.27. The maximum atomic E-state index is 12.6. The van der Waals surface area contributed by atoms with E-state index in [1.807, 2.05) is 6.92 Å². The Morgan fingerprint density at radius 3 is 3.05 bits per heavy atom. The highest BCUT2D eigenvalue weighted by Gasteiger charge is 2.28. The van der Waals surface area contributed by atoms with Crippen LogP contribution in [0.3, 0.4) is 0 Å². The van der Waals surface area contributed by atoms with E-state index < -0.39 is 0 Å². The quantitative estimate of drug-likeness (QED) is 0.892. The van der Waals surface area contributed by atoms with E-state index in [-0.39, 0.29) is 11.8 Å². The molecular weight excluding hydrogens is 302 g/mol. The number of aromatic nitrogens is 1. The Kier molecular flexibility index (Phi) is 3.90. The van der Waals surface area contributed by atoms with E-state index >= 15 is 0 Å². The minimum absolute atomic E-state index is 0.0958. The average Bonchev–Trinajstić information content (AvgIpc) is 2.49. The SMILES string of the molecule is Cc1cc(N)ncc1NC(=O)C1CCOc2ccc(Cl)cc21. The van der Waals surface area contributed by atoms with E-state index in [0.29, 0.717) is 35.3 Å². The molecule has 1 aliphatic rings. The number of carbonyl (C=O) groups excluding carboxylic acids is 1. The number of amides is 1. The minimum Gasteiger partial charge on any atom is -0.493 e. The second kappa shape index (κ2) is 5.85. The lowest BCUT2D eigenvalue weighted by atomic mass is 9.92. The number of ether oxygens (including phenoxy) is 1. The van der Waals surface area contributed by atoms with Crippen molar-refractivity contribution in [2.45, 2.75) is 19.3 Å². The van der Waals surface area contributed by atoms with E-state index in [1.165, 1.54) is 0 Å². The molecule has 3 rings (SSSR count). The number of nitrogens with zero attached hydrogens (tertiary/aromatic N) is 1. The summed E-state index contributed by atoms with van der Waals surface area (Å²) >= 11 is 6.04. The topological polar surface area (TPSA) is 77.2 Å². The number of anilines is 2. The molecule has 6 heteroatoms. The zero-order valence-electron chi connectivity index (χ0n) is 12.1. The summed E-state index contributed by atoms with van der Waals surface area (Å²) < 4.78 is 5.58. The van der Waals surface area contributed by atoms with E-state index in [4.69, 9.17) is 22.1 Å². The lowest BCUT2D eigenvalue weighted by Gasteiger charge is -2.25. The van der Waals surface area contributed by atoms with Gasteiger partial charge in [0.25, 0.3) is 0 Å². The fraction of sp³-hybridized carbons (Fsp3) is 0.250. The van der Waals surface area contributed by atoms with Crippen molar-refractivity contribution in [3.8, 4) is 5.75 Å². The maximum absolute atomic E-state index is 12.6. The number of hydrogen-bond acceptors (Lipinski definition) is 4. The molecule has 0 saturated heterocycles. The smallest absolute Gasteiger partial charge is 0.232 e. The van der Waals surface area contributed by atoms with Crippen LogP contribution in [-0.4, -0.2) is 17.5 Å². The molecule has 22 heavy (non-hydrogen) atoms. The van der Waals surface area contributed by atoms with Crippen LogP contribution in [0.5, 0.6) is 5.75 Å². The molecule has 3 N–H and O–H groups in total. The number of nitrogen functional groups attached to an aromatic ring is 1. The summed E-state index contributed by atoms with van der Waals surface area (Å²) in [6.07, 6.45) is 2.18. The van der Waals surface area contributed by atoms with Gasteiger partial charge in [0.2, 0.25) is 5.91 Å². The van der Waals surface area contributed by atoms with E-state index in [1.54, 1.807) is 30.5 Å². The Labute approximate surface area is 133 Å². The van der Waals surface area contributed by atoms with Gasteiger partial charge in [-0.05, 0) is 43.2 Å². The van der Waals surface area contributed by atoms with Gasteiger partial charge < -0.3 is 15.8 Å².